The van der Waals surface area contributed by atoms with E-state index in [1.54, 1.807) is 7.11 Å². The molecule has 0 amide bonds. The van der Waals surface area contributed by atoms with Gasteiger partial charge in [0.1, 0.15) is 0 Å². The van der Waals surface area contributed by atoms with E-state index in [4.69, 9.17) is 4.74 Å². The third-order valence-electron chi connectivity index (χ3n) is 1.98. The summed E-state index contributed by atoms with van der Waals surface area (Å²) in [6.45, 7) is 2.50. The van der Waals surface area contributed by atoms with Crippen molar-refractivity contribution in [1.82, 2.24) is 14.9 Å². The Hall–Kier alpha value is -0.920. The molecular weight excluding hydrogens is 278 g/mol. The van der Waals surface area contributed by atoms with Gasteiger partial charge in [0.05, 0.1) is 11.1 Å². The lowest BCUT2D eigenvalue weighted by Gasteiger charge is -2.06. The summed E-state index contributed by atoms with van der Waals surface area (Å²) in [6.07, 6.45) is 1.49. The minimum absolute atomic E-state index is 0.351. The SMILES string of the molecule is COCCNCCn1cc(Br)c(=O)[nH]c1=O. The maximum Gasteiger partial charge on any atom is 0.328 e. The predicted octanol–water partition coefficient (Wildman–Crippen LogP) is -0.465. The van der Waals surface area contributed by atoms with E-state index in [9.17, 15) is 9.59 Å². The van der Waals surface area contributed by atoms with Crippen LogP contribution in [0.4, 0.5) is 0 Å². The molecule has 0 radical (unpaired) electrons. The van der Waals surface area contributed by atoms with Crippen LogP contribution in [0.2, 0.25) is 0 Å². The fraction of sp³-hybridized carbons (Fsp3) is 0.556. The van der Waals surface area contributed by atoms with E-state index in [2.05, 4.69) is 26.2 Å². The number of rotatable bonds is 6. The summed E-state index contributed by atoms with van der Waals surface area (Å²) < 4.78 is 6.65. The molecule has 0 aliphatic carbocycles. The molecule has 6 nitrogen and oxygen atoms in total. The molecule has 1 aromatic rings. The summed E-state index contributed by atoms with van der Waals surface area (Å²) in [5.41, 5.74) is -0.810. The molecule has 1 aromatic heterocycles. The Bertz CT molecular complexity index is 440. The quantitative estimate of drug-likeness (QED) is 0.695. The molecule has 1 rings (SSSR count). The van der Waals surface area contributed by atoms with Crippen molar-refractivity contribution in [3.63, 3.8) is 0 Å². The van der Waals surface area contributed by atoms with Crippen molar-refractivity contribution in [3.05, 3.63) is 31.5 Å². The fourth-order valence-corrected chi connectivity index (χ4v) is 1.49. The second-order valence-electron chi connectivity index (χ2n) is 3.17. The molecule has 7 heteroatoms. The highest BCUT2D eigenvalue weighted by molar-refractivity contribution is 9.10. The van der Waals surface area contributed by atoms with Crippen molar-refractivity contribution in [1.29, 1.82) is 0 Å². The molecule has 0 aliphatic heterocycles. The molecule has 2 N–H and O–H groups in total. The van der Waals surface area contributed by atoms with Crippen LogP contribution in [0.25, 0.3) is 0 Å². The Morgan fingerprint density at radius 3 is 2.94 bits per heavy atom. The first-order valence-electron chi connectivity index (χ1n) is 4.84. The molecule has 0 spiro atoms. The zero-order valence-electron chi connectivity index (χ0n) is 8.96. The van der Waals surface area contributed by atoms with Gasteiger partial charge in [-0.2, -0.15) is 0 Å². The van der Waals surface area contributed by atoms with Crippen molar-refractivity contribution in [2.75, 3.05) is 26.8 Å². The van der Waals surface area contributed by atoms with Gasteiger partial charge in [0.15, 0.2) is 0 Å². The lowest BCUT2D eigenvalue weighted by atomic mass is 10.5. The summed E-state index contributed by atoms with van der Waals surface area (Å²) in [7, 11) is 1.63. The Morgan fingerprint density at radius 1 is 1.50 bits per heavy atom. The normalized spacial score (nSPS) is 10.6. The lowest BCUT2D eigenvalue weighted by Crippen LogP contribution is -2.33. The van der Waals surface area contributed by atoms with Gasteiger partial charge in [0.25, 0.3) is 5.56 Å². The van der Waals surface area contributed by atoms with Gasteiger partial charge >= 0.3 is 5.69 Å². The zero-order chi connectivity index (χ0) is 12.0. The average Bonchev–Trinajstić information content (AvgIpc) is 2.25. The van der Waals surface area contributed by atoms with Crippen LogP contribution in [0, 0.1) is 0 Å². The van der Waals surface area contributed by atoms with E-state index in [1.807, 2.05) is 0 Å². The van der Waals surface area contributed by atoms with Crippen molar-refractivity contribution in [2.45, 2.75) is 6.54 Å². The maximum atomic E-state index is 11.3. The lowest BCUT2D eigenvalue weighted by molar-refractivity contribution is 0.199. The van der Waals surface area contributed by atoms with Gasteiger partial charge in [-0.05, 0) is 15.9 Å². The molecule has 90 valence electrons. The van der Waals surface area contributed by atoms with Gasteiger partial charge in [0, 0.05) is 32.9 Å². The minimum Gasteiger partial charge on any atom is -0.383 e. The summed E-state index contributed by atoms with van der Waals surface area (Å²) in [6, 6.07) is 0. The summed E-state index contributed by atoms with van der Waals surface area (Å²) in [5, 5.41) is 3.10. The van der Waals surface area contributed by atoms with E-state index in [0.717, 1.165) is 6.54 Å². The molecule has 0 aromatic carbocycles. The van der Waals surface area contributed by atoms with Crippen LogP contribution >= 0.6 is 15.9 Å². The number of aromatic amines is 1. The van der Waals surface area contributed by atoms with Crippen molar-refractivity contribution in [3.8, 4) is 0 Å². The Kier molecular flexibility index (Phi) is 5.44. The van der Waals surface area contributed by atoms with E-state index in [1.165, 1.54) is 10.8 Å². The topological polar surface area (TPSA) is 76.1 Å². The summed E-state index contributed by atoms with van der Waals surface area (Å²) in [5.74, 6) is 0. The van der Waals surface area contributed by atoms with Gasteiger partial charge in [-0.1, -0.05) is 0 Å². The second-order valence-corrected chi connectivity index (χ2v) is 4.03. The number of hydrogen-bond donors (Lipinski definition) is 2. The van der Waals surface area contributed by atoms with E-state index >= 15 is 0 Å². The number of ether oxygens (including phenoxy) is 1. The van der Waals surface area contributed by atoms with Gasteiger partial charge in [0.2, 0.25) is 0 Å². The van der Waals surface area contributed by atoms with Crippen LogP contribution in [0.15, 0.2) is 20.3 Å². The maximum absolute atomic E-state index is 11.3. The van der Waals surface area contributed by atoms with E-state index < -0.39 is 11.2 Å². The minimum atomic E-state index is -0.409. The largest absolute Gasteiger partial charge is 0.383 e. The van der Waals surface area contributed by atoms with E-state index in [0.29, 0.717) is 24.2 Å². The monoisotopic (exact) mass is 291 g/mol. The fourth-order valence-electron chi connectivity index (χ4n) is 1.15. The van der Waals surface area contributed by atoms with E-state index in [-0.39, 0.29) is 0 Å². The van der Waals surface area contributed by atoms with Crippen LogP contribution in [-0.2, 0) is 11.3 Å². The van der Waals surface area contributed by atoms with Gasteiger partial charge in [-0.25, -0.2) is 4.79 Å². The summed E-state index contributed by atoms with van der Waals surface area (Å²) in [4.78, 5) is 24.6. The Labute approximate surface area is 101 Å². The molecule has 1 heterocycles. The molecule has 0 bridgehead atoms. The first kappa shape index (κ1) is 13.1. The number of nitrogens with one attached hydrogen (secondary N) is 2. The second kappa shape index (κ2) is 6.62. The van der Waals surface area contributed by atoms with Crippen LogP contribution < -0.4 is 16.6 Å². The smallest absolute Gasteiger partial charge is 0.328 e. The predicted molar refractivity (Wildman–Crippen MR) is 63.8 cm³/mol. The van der Waals surface area contributed by atoms with Crippen LogP contribution in [-0.4, -0.2) is 36.4 Å². The van der Waals surface area contributed by atoms with Crippen molar-refractivity contribution < 1.29 is 4.74 Å². The van der Waals surface area contributed by atoms with Crippen molar-refractivity contribution in [2.24, 2.45) is 0 Å². The zero-order valence-corrected chi connectivity index (χ0v) is 10.5. The third-order valence-corrected chi connectivity index (χ3v) is 2.54. The summed E-state index contributed by atoms with van der Waals surface area (Å²) >= 11 is 3.07. The number of halogens is 1. The Morgan fingerprint density at radius 2 is 2.25 bits per heavy atom. The highest BCUT2D eigenvalue weighted by atomic mass is 79.9. The molecule has 0 unspecified atom stereocenters. The average molecular weight is 292 g/mol. The molecule has 0 aliphatic rings. The highest BCUT2D eigenvalue weighted by Crippen LogP contribution is 1.97. The van der Waals surface area contributed by atoms with Gasteiger partial charge < -0.3 is 10.1 Å². The molecular formula is C9H14BrN3O3. The van der Waals surface area contributed by atoms with Crippen LogP contribution in [0.1, 0.15) is 0 Å². The number of H-pyrrole nitrogens is 1. The first-order valence-corrected chi connectivity index (χ1v) is 5.63. The first-order chi connectivity index (χ1) is 7.65. The van der Waals surface area contributed by atoms with Gasteiger partial charge in [-0.3, -0.25) is 14.3 Å². The van der Waals surface area contributed by atoms with Gasteiger partial charge in [-0.15, -0.1) is 0 Å². The third kappa shape index (κ3) is 3.92. The Balaban J connectivity index is 2.51. The number of aromatic nitrogens is 2. The molecule has 0 fully saturated rings. The molecule has 0 saturated carbocycles. The highest BCUT2D eigenvalue weighted by Gasteiger charge is 2.00. The number of hydrogen-bond acceptors (Lipinski definition) is 4. The molecule has 0 saturated heterocycles. The van der Waals surface area contributed by atoms with Crippen LogP contribution in [0.3, 0.4) is 0 Å². The molecule has 16 heavy (non-hydrogen) atoms. The number of methoxy groups -OCH3 is 1. The molecule has 0 atom stereocenters. The van der Waals surface area contributed by atoms with Crippen LogP contribution in [0.5, 0.6) is 0 Å². The van der Waals surface area contributed by atoms with Crippen molar-refractivity contribution >= 4 is 15.9 Å². The standard InChI is InChI=1S/C9H14BrN3O3/c1-16-5-3-11-2-4-13-6-7(10)8(14)12-9(13)15/h6,11H,2-5H2,1H3,(H,12,14,15). The number of nitrogens with zero attached hydrogens (tertiary/aromatic N) is 1.